The van der Waals surface area contributed by atoms with Crippen LogP contribution in [0, 0.1) is 11.3 Å². The Hall–Kier alpha value is -0.0800. The zero-order valence-electron chi connectivity index (χ0n) is 11.1. The van der Waals surface area contributed by atoms with E-state index in [0.29, 0.717) is 11.0 Å². The molecule has 0 aromatic rings. The van der Waals surface area contributed by atoms with Crippen LogP contribution < -0.4 is 5.32 Å². The molecule has 2 fully saturated rings. The summed E-state index contributed by atoms with van der Waals surface area (Å²) in [6.45, 7) is 10.3. The highest BCUT2D eigenvalue weighted by Gasteiger charge is 2.44. The second-order valence-electron chi connectivity index (χ2n) is 6.62. The molecular weight excluding hydrogens is 198 g/mol. The highest BCUT2D eigenvalue weighted by atomic mass is 16.5. The standard InChI is InChI=1S/C14H27NO/c1-13(2,3)14(7-4-8-15-14)11-12-5-9-16-10-6-12/h12,15H,4-11H2,1-3H3. The Morgan fingerprint density at radius 1 is 1.25 bits per heavy atom. The maximum atomic E-state index is 5.46. The lowest BCUT2D eigenvalue weighted by molar-refractivity contribution is 0.0374. The first-order valence-corrected chi connectivity index (χ1v) is 6.86. The molecule has 0 spiro atoms. The minimum Gasteiger partial charge on any atom is -0.381 e. The van der Waals surface area contributed by atoms with Crippen molar-refractivity contribution in [1.29, 1.82) is 0 Å². The molecular formula is C14H27NO. The van der Waals surface area contributed by atoms with Crippen molar-refractivity contribution >= 4 is 0 Å². The van der Waals surface area contributed by atoms with Crippen molar-refractivity contribution in [1.82, 2.24) is 5.32 Å². The fourth-order valence-electron chi connectivity index (χ4n) is 3.37. The van der Waals surface area contributed by atoms with Crippen molar-refractivity contribution in [3.8, 4) is 0 Å². The highest BCUT2D eigenvalue weighted by molar-refractivity contribution is 5.02. The number of hydrogen-bond acceptors (Lipinski definition) is 2. The molecule has 0 aliphatic carbocycles. The van der Waals surface area contributed by atoms with E-state index >= 15 is 0 Å². The van der Waals surface area contributed by atoms with E-state index in [0.717, 1.165) is 19.1 Å². The molecule has 0 amide bonds. The van der Waals surface area contributed by atoms with Gasteiger partial charge in [-0.1, -0.05) is 20.8 Å². The van der Waals surface area contributed by atoms with Gasteiger partial charge in [-0.3, -0.25) is 0 Å². The van der Waals surface area contributed by atoms with Crippen LogP contribution in [0.15, 0.2) is 0 Å². The lowest BCUT2D eigenvalue weighted by atomic mass is 9.67. The number of rotatable bonds is 2. The maximum absolute atomic E-state index is 5.46. The van der Waals surface area contributed by atoms with Gasteiger partial charge in [0.2, 0.25) is 0 Å². The Balaban J connectivity index is 2.02. The van der Waals surface area contributed by atoms with E-state index in [2.05, 4.69) is 26.1 Å². The largest absolute Gasteiger partial charge is 0.381 e. The molecule has 1 atom stereocenters. The molecule has 2 heteroatoms. The lowest BCUT2D eigenvalue weighted by Gasteiger charge is -2.45. The zero-order chi connectivity index (χ0) is 11.6. The average molecular weight is 225 g/mol. The number of ether oxygens (including phenoxy) is 1. The van der Waals surface area contributed by atoms with Crippen LogP contribution >= 0.6 is 0 Å². The SMILES string of the molecule is CC(C)(C)C1(CC2CCOCC2)CCCN1. The van der Waals surface area contributed by atoms with E-state index in [4.69, 9.17) is 4.74 Å². The Morgan fingerprint density at radius 3 is 2.44 bits per heavy atom. The molecule has 2 rings (SSSR count). The molecule has 0 radical (unpaired) electrons. The fourth-order valence-corrected chi connectivity index (χ4v) is 3.37. The van der Waals surface area contributed by atoms with E-state index in [9.17, 15) is 0 Å². The van der Waals surface area contributed by atoms with Crippen LogP contribution in [0.25, 0.3) is 0 Å². The lowest BCUT2D eigenvalue weighted by Crippen LogP contribution is -2.52. The minimum atomic E-state index is 0.377. The van der Waals surface area contributed by atoms with Gasteiger partial charge in [-0.15, -0.1) is 0 Å². The molecule has 94 valence electrons. The average Bonchev–Trinajstić information content (AvgIpc) is 2.68. The highest BCUT2D eigenvalue weighted by Crippen LogP contribution is 2.43. The second kappa shape index (κ2) is 4.66. The van der Waals surface area contributed by atoms with Crippen molar-refractivity contribution in [2.75, 3.05) is 19.8 Å². The van der Waals surface area contributed by atoms with Crippen molar-refractivity contribution in [3.63, 3.8) is 0 Å². The van der Waals surface area contributed by atoms with Crippen molar-refractivity contribution < 1.29 is 4.74 Å². The van der Waals surface area contributed by atoms with Crippen LogP contribution in [0.3, 0.4) is 0 Å². The molecule has 2 aliphatic heterocycles. The molecule has 2 saturated heterocycles. The fraction of sp³-hybridized carbons (Fsp3) is 1.00. The first kappa shape index (κ1) is 12.4. The Bertz CT molecular complexity index is 219. The molecule has 16 heavy (non-hydrogen) atoms. The van der Waals surface area contributed by atoms with E-state index in [-0.39, 0.29) is 0 Å². The normalized spacial score (nSPS) is 33.2. The summed E-state index contributed by atoms with van der Waals surface area (Å²) in [6, 6.07) is 0. The van der Waals surface area contributed by atoms with Crippen LogP contribution in [0.2, 0.25) is 0 Å². The Kier molecular flexibility index (Phi) is 3.60. The quantitative estimate of drug-likeness (QED) is 0.780. The maximum Gasteiger partial charge on any atom is 0.0468 e. The van der Waals surface area contributed by atoms with Gasteiger partial charge in [-0.05, 0) is 50.0 Å². The van der Waals surface area contributed by atoms with Gasteiger partial charge in [-0.2, -0.15) is 0 Å². The van der Waals surface area contributed by atoms with Gasteiger partial charge in [0, 0.05) is 18.8 Å². The molecule has 0 bridgehead atoms. The third-order valence-corrected chi connectivity index (χ3v) is 4.66. The van der Waals surface area contributed by atoms with Crippen molar-refractivity contribution in [3.05, 3.63) is 0 Å². The summed E-state index contributed by atoms with van der Waals surface area (Å²) in [7, 11) is 0. The summed E-state index contributed by atoms with van der Waals surface area (Å²) in [5, 5.41) is 3.82. The van der Waals surface area contributed by atoms with Crippen LogP contribution in [-0.2, 0) is 4.74 Å². The van der Waals surface area contributed by atoms with E-state index < -0.39 is 0 Å². The number of nitrogens with one attached hydrogen (secondary N) is 1. The first-order chi connectivity index (χ1) is 7.54. The van der Waals surface area contributed by atoms with E-state index in [1.165, 1.54) is 38.6 Å². The van der Waals surface area contributed by atoms with Gasteiger partial charge < -0.3 is 10.1 Å². The van der Waals surface area contributed by atoms with Crippen LogP contribution in [-0.4, -0.2) is 25.3 Å². The molecule has 1 unspecified atom stereocenters. The Labute approximate surface area is 100 Å². The van der Waals surface area contributed by atoms with Crippen LogP contribution in [0.1, 0.15) is 52.9 Å². The van der Waals surface area contributed by atoms with Gasteiger partial charge in [-0.25, -0.2) is 0 Å². The summed E-state index contributed by atoms with van der Waals surface area (Å²) in [4.78, 5) is 0. The van der Waals surface area contributed by atoms with Crippen molar-refractivity contribution in [2.45, 2.75) is 58.4 Å². The first-order valence-electron chi connectivity index (χ1n) is 6.86. The molecule has 2 aliphatic rings. The molecule has 0 aromatic carbocycles. The van der Waals surface area contributed by atoms with Gasteiger partial charge >= 0.3 is 0 Å². The summed E-state index contributed by atoms with van der Waals surface area (Å²) in [5.41, 5.74) is 0.761. The zero-order valence-corrected chi connectivity index (χ0v) is 11.1. The monoisotopic (exact) mass is 225 g/mol. The van der Waals surface area contributed by atoms with Gasteiger partial charge in [0.15, 0.2) is 0 Å². The molecule has 0 aromatic heterocycles. The van der Waals surface area contributed by atoms with Gasteiger partial charge in [0.25, 0.3) is 0 Å². The van der Waals surface area contributed by atoms with Crippen molar-refractivity contribution in [2.24, 2.45) is 11.3 Å². The Morgan fingerprint density at radius 2 is 1.94 bits per heavy atom. The smallest absolute Gasteiger partial charge is 0.0468 e. The summed E-state index contributed by atoms with van der Waals surface area (Å²) < 4.78 is 5.46. The summed E-state index contributed by atoms with van der Waals surface area (Å²) in [5.74, 6) is 0.874. The van der Waals surface area contributed by atoms with Crippen LogP contribution in [0.5, 0.6) is 0 Å². The molecule has 2 nitrogen and oxygen atoms in total. The molecule has 0 saturated carbocycles. The van der Waals surface area contributed by atoms with Gasteiger partial charge in [0.1, 0.15) is 0 Å². The second-order valence-corrected chi connectivity index (χ2v) is 6.62. The third-order valence-electron chi connectivity index (χ3n) is 4.66. The molecule has 1 N–H and O–H groups in total. The van der Waals surface area contributed by atoms with E-state index in [1.807, 2.05) is 0 Å². The van der Waals surface area contributed by atoms with Gasteiger partial charge in [0.05, 0.1) is 0 Å². The third kappa shape index (κ3) is 2.43. The molecule has 2 heterocycles. The summed E-state index contributed by atoms with van der Waals surface area (Å²) >= 11 is 0. The van der Waals surface area contributed by atoms with Crippen LogP contribution in [0.4, 0.5) is 0 Å². The topological polar surface area (TPSA) is 21.3 Å². The van der Waals surface area contributed by atoms with E-state index in [1.54, 1.807) is 0 Å². The predicted octanol–water partition coefficient (Wildman–Crippen LogP) is 2.97. The minimum absolute atomic E-state index is 0.377. The number of hydrogen-bond donors (Lipinski definition) is 1. The predicted molar refractivity (Wildman–Crippen MR) is 67.6 cm³/mol. The summed E-state index contributed by atoms with van der Waals surface area (Å²) in [6.07, 6.45) is 6.58.